The highest BCUT2D eigenvalue weighted by Gasteiger charge is 1.97. The number of hydrogen-bond donors (Lipinski definition) is 2. The monoisotopic (exact) mass is 177 g/mol. The molecule has 13 heavy (non-hydrogen) atoms. The number of pyridine rings is 1. The van der Waals surface area contributed by atoms with Gasteiger partial charge in [-0.1, -0.05) is 0 Å². The molecule has 0 aliphatic carbocycles. The summed E-state index contributed by atoms with van der Waals surface area (Å²) in [4.78, 5) is 3.99. The van der Waals surface area contributed by atoms with Gasteiger partial charge in [-0.15, -0.1) is 0 Å². The van der Waals surface area contributed by atoms with E-state index in [9.17, 15) is 0 Å². The number of aliphatic hydroxyl groups is 1. The van der Waals surface area contributed by atoms with E-state index in [1.807, 2.05) is 6.07 Å². The van der Waals surface area contributed by atoms with Crippen molar-refractivity contribution in [1.29, 1.82) is 5.26 Å². The molecule has 1 heterocycles. The van der Waals surface area contributed by atoms with E-state index in [-0.39, 0.29) is 0 Å². The number of anilines is 1. The minimum absolute atomic E-state index is 0.424. The third-order valence-corrected chi connectivity index (χ3v) is 1.47. The number of nitriles is 1. The van der Waals surface area contributed by atoms with Crippen molar-refractivity contribution < 1.29 is 5.11 Å². The molecule has 0 aromatic carbocycles. The average Bonchev–Trinajstić information content (AvgIpc) is 2.15. The molecule has 0 amide bonds. The third kappa shape index (κ3) is 3.09. The summed E-state index contributed by atoms with van der Waals surface area (Å²) in [6.45, 7) is 2.11. The molecule has 4 heteroatoms. The quantitative estimate of drug-likeness (QED) is 0.714. The largest absolute Gasteiger partial charge is 0.392 e. The van der Waals surface area contributed by atoms with Crippen LogP contribution in [0.3, 0.4) is 0 Å². The zero-order valence-corrected chi connectivity index (χ0v) is 7.36. The fourth-order valence-electron chi connectivity index (χ4n) is 0.849. The minimum Gasteiger partial charge on any atom is -0.392 e. The molecule has 0 saturated carbocycles. The van der Waals surface area contributed by atoms with E-state index >= 15 is 0 Å². The molecule has 0 fully saturated rings. The minimum atomic E-state index is -0.424. The molecule has 1 aromatic heterocycles. The van der Waals surface area contributed by atoms with Gasteiger partial charge in [0.2, 0.25) is 0 Å². The van der Waals surface area contributed by atoms with Gasteiger partial charge < -0.3 is 10.4 Å². The number of nitrogens with one attached hydrogen (secondary N) is 1. The lowest BCUT2D eigenvalue weighted by molar-refractivity contribution is 0.208. The van der Waals surface area contributed by atoms with Crippen molar-refractivity contribution in [2.45, 2.75) is 13.0 Å². The second kappa shape index (κ2) is 4.43. The Balaban J connectivity index is 2.63. The van der Waals surface area contributed by atoms with Crippen LogP contribution in [0.4, 0.5) is 5.82 Å². The Bertz CT molecular complexity index is 317. The third-order valence-electron chi connectivity index (χ3n) is 1.47. The fraction of sp³-hybridized carbons (Fsp3) is 0.333. The van der Waals surface area contributed by atoms with Gasteiger partial charge in [0, 0.05) is 12.7 Å². The van der Waals surface area contributed by atoms with Crippen LogP contribution in [-0.4, -0.2) is 22.7 Å². The first-order valence-electron chi connectivity index (χ1n) is 4.00. The zero-order chi connectivity index (χ0) is 9.68. The van der Waals surface area contributed by atoms with Crippen LogP contribution in [0.1, 0.15) is 12.5 Å². The number of aromatic nitrogens is 1. The second-order valence-corrected chi connectivity index (χ2v) is 2.77. The van der Waals surface area contributed by atoms with Gasteiger partial charge in [0.1, 0.15) is 5.82 Å². The average molecular weight is 177 g/mol. The number of nitrogens with zero attached hydrogens (tertiary/aromatic N) is 2. The smallest absolute Gasteiger partial charge is 0.127 e. The van der Waals surface area contributed by atoms with Crippen LogP contribution in [-0.2, 0) is 0 Å². The molecule has 1 rings (SSSR count). The Kier molecular flexibility index (Phi) is 3.23. The van der Waals surface area contributed by atoms with Crippen LogP contribution in [0.5, 0.6) is 0 Å². The van der Waals surface area contributed by atoms with E-state index < -0.39 is 6.10 Å². The van der Waals surface area contributed by atoms with Gasteiger partial charge in [0.15, 0.2) is 0 Å². The standard InChI is InChI=1S/C9H11N3O/c1-7(13)6-12-9-4-8(5-10)2-3-11-9/h2-4,7,13H,6H2,1H3,(H,11,12). The molecule has 0 aliphatic heterocycles. The molecule has 0 spiro atoms. The van der Waals surface area contributed by atoms with E-state index in [0.29, 0.717) is 17.9 Å². The lowest BCUT2D eigenvalue weighted by Crippen LogP contribution is -2.15. The van der Waals surface area contributed by atoms with E-state index in [1.165, 1.54) is 0 Å². The number of aliphatic hydroxyl groups excluding tert-OH is 1. The summed E-state index contributed by atoms with van der Waals surface area (Å²) in [6.07, 6.45) is 1.13. The SMILES string of the molecule is CC(O)CNc1cc(C#N)ccn1. The summed E-state index contributed by atoms with van der Waals surface area (Å²) >= 11 is 0. The van der Waals surface area contributed by atoms with Gasteiger partial charge in [-0.3, -0.25) is 0 Å². The van der Waals surface area contributed by atoms with Crippen molar-refractivity contribution in [2.24, 2.45) is 0 Å². The first-order valence-corrected chi connectivity index (χ1v) is 4.00. The second-order valence-electron chi connectivity index (χ2n) is 2.77. The molecular weight excluding hydrogens is 166 g/mol. The molecule has 0 radical (unpaired) electrons. The van der Waals surface area contributed by atoms with Gasteiger partial charge in [-0.05, 0) is 19.1 Å². The van der Waals surface area contributed by atoms with Crippen LogP contribution in [0.15, 0.2) is 18.3 Å². The maximum absolute atomic E-state index is 8.98. The number of rotatable bonds is 3. The summed E-state index contributed by atoms with van der Waals surface area (Å²) in [7, 11) is 0. The van der Waals surface area contributed by atoms with Crippen molar-refractivity contribution in [3.8, 4) is 6.07 Å². The Morgan fingerprint density at radius 3 is 3.15 bits per heavy atom. The molecule has 1 atom stereocenters. The Morgan fingerprint density at radius 1 is 1.77 bits per heavy atom. The molecular formula is C9H11N3O. The van der Waals surface area contributed by atoms with Crippen LogP contribution in [0, 0.1) is 11.3 Å². The van der Waals surface area contributed by atoms with E-state index in [2.05, 4.69) is 10.3 Å². The Labute approximate surface area is 76.8 Å². The van der Waals surface area contributed by atoms with Gasteiger partial charge in [-0.2, -0.15) is 5.26 Å². The van der Waals surface area contributed by atoms with Crippen molar-refractivity contribution >= 4 is 5.82 Å². The highest BCUT2D eigenvalue weighted by Crippen LogP contribution is 2.04. The molecule has 1 aromatic rings. The lowest BCUT2D eigenvalue weighted by Gasteiger charge is -2.06. The van der Waals surface area contributed by atoms with Crippen LogP contribution < -0.4 is 5.32 Å². The predicted octanol–water partition coefficient (Wildman–Crippen LogP) is 0.746. The normalized spacial score (nSPS) is 11.8. The van der Waals surface area contributed by atoms with Crippen molar-refractivity contribution in [3.05, 3.63) is 23.9 Å². The van der Waals surface area contributed by atoms with E-state index in [4.69, 9.17) is 10.4 Å². The van der Waals surface area contributed by atoms with Crippen LogP contribution in [0.2, 0.25) is 0 Å². The zero-order valence-electron chi connectivity index (χ0n) is 7.36. The highest BCUT2D eigenvalue weighted by molar-refractivity contribution is 5.42. The summed E-state index contributed by atoms with van der Waals surface area (Å²) in [5.41, 5.74) is 0.558. The summed E-state index contributed by atoms with van der Waals surface area (Å²) < 4.78 is 0. The first kappa shape index (κ1) is 9.49. The Morgan fingerprint density at radius 2 is 2.54 bits per heavy atom. The molecule has 0 saturated heterocycles. The number of hydrogen-bond acceptors (Lipinski definition) is 4. The van der Waals surface area contributed by atoms with Crippen LogP contribution in [0.25, 0.3) is 0 Å². The van der Waals surface area contributed by atoms with Gasteiger partial charge in [0.25, 0.3) is 0 Å². The van der Waals surface area contributed by atoms with E-state index in [0.717, 1.165) is 0 Å². The highest BCUT2D eigenvalue weighted by atomic mass is 16.3. The van der Waals surface area contributed by atoms with E-state index in [1.54, 1.807) is 25.3 Å². The van der Waals surface area contributed by atoms with Crippen molar-refractivity contribution in [2.75, 3.05) is 11.9 Å². The molecule has 1 unspecified atom stereocenters. The topological polar surface area (TPSA) is 68.9 Å². The van der Waals surface area contributed by atoms with Gasteiger partial charge >= 0.3 is 0 Å². The molecule has 0 bridgehead atoms. The summed E-state index contributed by atoms with van der Waals surface area (Å²) in [5.74, 6) is 0.611. The van der Waals surface area contributed by atoms with Crippen LogP contribution >= 0.6 is 0 Å². The summed E-state index contributed by atoms with van der Waals surface area (Å²) in [6, 6.07) is 5.29. The predicted molar refractivity (Wildman–Crippen MR) is 49.1 cm³/mol. The first-order chi connectivity index (χ1) is 6.22. The van der Waals surface area contributed by atoms with Crippen molar-refractivity contribution in [3.63, 3.8) is 0 Å². The lowest BCUT2D eigenvalue weighted by atomic mass is 10.3. The molecule has 68 valence electrons. The fourth-order valence-corrected chi connectivity index (χ4v) is 0.849. The maximum atomic E-state index is 8.98. The van der Waals surface area contributed by atoms with Crippen molar-refractivity contribution in [1.82, 2.24) is 4.98 Å². The Hall–Kier alpha value is -1.60. The molecule has 0 aliphatic rings. The van der Waals surface area contributed by atoms with Gasteiger partial charge in [0.05, 0.1) is 17.7 Å². The maximum Gasteiger partial charge on any atom is 0.127 e. The molecule has 4 nitrogen and oxygen atoms in total. The molecule has 2 N–H and O–H groups in total. The van der Waals surface area contributed by atoms with Gasteiger partial charge in [-0.25, -0.2) is 4.98 Å². The summed E-state index contributed by atoms with van der Waals surface area (Å²) in [5, 5.41) is 20.5.